The molecule has 27 heavy (non-hydrogen) atoms. The van der Waals surface area contributed by atoms with Gasteiger partial charge in [-0.05, 0) is 31.0 Å². The van der Waals surface area contributed by atoms with Gasteiger partial charge < -0.3 is 10.2 Å². The van der Waals surface area contributed by atoms with Crippen molar-refractivity contribution in [1.82, 2.24) is 26.2 Å². The van der Waals surface area contributed by atoms with Gasteiger partial charge in [0.15, 0.2) is 0 Å². The molecule has 0 bridgehead atoms. The Morgan fingerprint density at radius 2 is 1.85 bits per heavy atom. The van der Waals surface area contributed by atoms with Crippen molar-refractivity contribution in [2.75, 3.05) is 31.5 Å². The predicted molar refractivity (Wildman–Crippen MR) is 107 cm³/mol. The van der Waals surface area contributed by atoms with Crippen LogP contribution in [-0.4, -0.2) is 60.1 Å². The van der Waals surface area contributed by atoms with Crippen LogP contribution in [0.1, 0.15) is 32.1 Å². The van der Waals surface area contributed by atoms with E-state index >= 15 is 0 Å². The number of rotatable bonds is 4. The van der Waals surface area contributed by atoms with Gasteiger partial charge >= 0.3 is 0 Å². The first kappa shape index (κ1) is 19.0. The lowest BCUT2D eigenvalue weighted by Crippen LogP contribution is -2.58. The van der Waals surface area contributed by atoms with Crippen molar-refractivity contribution >= 4 is 23.2 Å². The van der Waals surface area contributed by atoms with E-state index in [2.05, 4.69) is 26.6 Å². The number of hydrogen-bond acceptors (Lipinski definition) is 6. The van der Waals surface area contributed by atoms with Crippen LogP contribution >= 0.6 is 11.6 Å². The van der Waals surface area contributed by atoms with Crippen LogP contribution in [0.3, 0.4) is 0 Å². The maximum Gasteiger partial charge on any atom is 0.244 e. The first-order chi connectivity index (χ1) is 13.2. The topological polar surface area (TPSA) is 71.7 Å². The van der Waals surface area contributed by atoms with Crippen molar-refractivity contribution in [3.63, 3.8) is 0 Å². The van der Waals surface area contributed by atoms with Gasteiger partial charge in [-0.1, -0.05) is 36.9 Å². The highest BCUT2D eigenvalue weighted by Gasteiger charge is 2.37. The third-order valence-electron chi connectivity index (χ3n) is 5.92. The maximum atomic E-state index is 13.0. The Kier molecular flexibility index (Phi) is 6.14. The van der Waals surface area contributed by atoms with Gasteiger partial charge in [0.2, 0.25) is 5.91 Å². The SMILES string of the molecule is O=C(C1NNNC1Nc1cccc(Cl)c1)N1CCN(C2CCCCC2)CC1. The number of carbonyl (C=O) groups is 1. The summed E-state index contributed by atoms with van der Waals surface area (Å²) in [4.78, 5) is 17.6. The highest BCUT2D eigenvalue weighted by atomic mass is 35.5. The summed E-state index contributed by atoms with van der Waals surface area (Å²) in [6, 6.07) is 7.87. The molecule has 3 aliphatic rings. The first-order valence-corrected chi connectivity index (χ1v) is 10.4. The van der Waals surface area contributed by atoms with Crippen LogP contribution in [0.15, 0.2) is 24.3 Å². The van der Waals surface area contributed by atoms with E-state index in [9.17, 15) is 4.79 Å². The van der Waals surface area contributed by atoms with Crippen molar-refractivity contribution in [2.24, 2.45) is 0 Å². The molecule has 2 saturated heterocycles. The molecule has 2 aliphatic heterocycles. The van der Waals surface area contributed by atoms with E-state index in [0.717, 1.165) is 37.9 Å². The van der Waals surface area contributed by atoms with Gasteiger partial charge in [0.25, 0.3) is 0 Å². The second-order valence-electron chi connectivity index (χ2n) is 7.68. The molecule has 4 N–H and O–H groups in total. The largest absolute Gasteiger partial charge is 0.367 e. The van der Waals surface area contributed by atoms with E-state index in [1.165, 1.54) is 32.1 Å². The summed E-state index contributed by atoms with van der Waals surface area (Å²) in [7, 11) is 0. The van der Waals surface area contributed by atoms with Crippen LogP contribution in [0.25, 0.3) is 0 Å². The summed E-state index contributed by atoms with van der Waals surface area (Å²) in [6.07, 6.45) is 6.47. The Bertz CT molecular complexity index is 645. The normalized spacial score (nSPS) is 27.7. The van der Waals surface area contributed by atoms with Gasteiger partial charge in [-0.2, -0.15) is 5.53 Å². The number of hydrazine groups is 2. The van der Waals surface area contributed by atoms with Crippen LogP contribution < -0.4 is 21.7 Å². The summed E-state index contributed by atoms with van der Waals surface area (Å²) < 4.78 is 0. The number of nitrogens with zero attached hydrogens (tertiary/aromatic N) is 2. The second kappa shape index (κ2) is 8.75. The summed E-state index contributed by atoms with van der Waals surface area (Å²) in [5, 5.41) is 4.00. The summed E-state index contributed by atoms with van der Waals surface area (Å²) in [6.45, 7) is 3.57. The Morgan fingerprint density at radius 1 is 1.07 bits per heavy atom. The fourth-order valence-corrected chi connectivity index (χ4v) is 4.59. The molecule has 8 heteroatoms. The molecule has 3 fully saturated rings. The zero-order valence-electron chi connectivity index (χ0n) is 15.6. The van der Waals surface area contributed by atoms with E-state index in [1.807, 2.05) is 29.2 Å². The smallest absolute Gasteiger partial charge is 0.244 e. The highest BCUT2D eigenvalue weighted by molar-refractivity contribution is 6.30. The number of anilines is 1. The first-order valence-electron chi connectivity index (χ1n) is 10.0. The molecule has 1 aliphatic carbocycles. The predicted octanol–water partition coefficient (Wildman–Crippen LogP) is 1.54. The van der Waals surface area contributed by atoms with Crippen molar-refractivity contribution in [2.45, 2.75) is 50.4 Å². The van der Waals surface area contributed by atoms with Crippen LogP contribution in [0.4, 0.5) is 5.69 Å². The van der Waals surface area contributed by atoms with Gasteiger partial charge in [0.05, 0.1) is 0 Å². The van der Waals surface area contributed by atoms with Gasteiger partial charge in [-0.25, -0.2) is 10.9 Å². The molecule has 4 rings (SSSR count). The highest BCUT2D eigenvalue weighted by Crippen LogP contribution is 2.24. The minimum Gasteiger partial charge on any atom is -0.367 e. The van der Waals surface area contributed by atoms with E-state index in [4.69, 9.17) is 11.6 Å². The molecule has 1 aromatic rings. The number of hydrogen-bond donors (Lipinski definition) is 4. The lowest BCUT2D eigenvalue weighted by atomic mass is 9.94. The molecular formula is C19H29ClN6O. The molecule has 0 radical (unpaired) electrons. The molecular weight excluding hydrogens is 364 g/mol. The monoisotopic (exact) mass is 392 g/mol. The van der Waals surface area contributed by atoms with Crippen molar-refractivity contribution in [3.05, 3.63) is 29.3 Å². The Labute approximate surface area is 165 Å². The molecule has 7 nitrogen and oxygen atoms in total. The summed E-state index contributed by atoms with van der Waals surface area (Å²) >= 11 is 6.06. The zero-order valence-corrected chi connectivity index (χ0v) is 16.3. The molecule has 148 valence electrons. The molecule has 1 aromatic carbocycles. The zero-order chi connectivity index (χ0) is 18.6. The van der Waals surface area contributed by atoms with Crippen LogP contribution in [-0.2, 0) is 4.79 Å². The number of carbonyl (C=O) groups excluding carboxylic acids is 1. The number of benzene rings is 1. The second-order valence-corrected chi connectivity index (χ2v) is 8.11. The molecule has 2 heterocycles. The van der Waals surface area contributed by atoms with E-state index < -0.39 is 0 Å². The average Bonchev–Trinajstić information content (AvgIpc) is 3.16. The van der Waals surface area contributed by atoms with Gasteiger partial charge in [-0.3, -0.25) is 9.69 Å². The quantitative estimate of drug-likeness (QED) is 0.623. The van der Waals surface area contributed by atoms with Gasteiger partial charge in [-0.15, -0.1) is 0 Å². The lowest BCUT2D eigenvalue weighted by Gasteiger charge is -2.41. The number of halogens is 1. The Morgan fingerprint density at radius 3 is 2.59 bits per heavy atom. The maximum absolute atomic E-state index is 13.0. The Hall–Kier alpha value is -1.38. The van der Waals surface area contributed by atoms with Gasteiger partial charge in [0, 0.05) is 42.9 Å². The van der Waals surface area contributed by atoms with E-state index in [-0.39, 0.29) is 18.1 Å². The minimum absolute atomic E-state index is 0.121. The minimum atomic E-state index is -0.370. The number of nitrogens with one attached hydrogen (secondary N) is 4. The standard InChI is InChI=1S/C19H29ClN6O/c20-14-5-4-6-15(13-14)21-18-17(22-24-23-18)19(27)26-11-9-25(10-12-26)16-7-2-1-3-8-16/h4-6,13,16-18,21-24H,1-3,7-12H2. The third kappa shape index (κ3) is 4.55. The average molecular weight is 393 g/mol. The number of amides is 1. The van der Waals surface area contributed by atoms with Crippen LogP contribution in [0, 0.1) is 0 Å². The molecule has 0 aromatic heterocycles. The van der Waals surface area contributed by atoms with E-state index in [0.29, 0.717) is 5.02 Å². The summed E-state index contributed by atoms with van der Waals surface area (Å²) in [5.74, 6) is 0.121. The van der Waals surface area contributed by atoms with Crippen molar-refractivity contribution in [3.8, 4) is 0 Å². The molecule has 1 saturated carbocycles. The number of piperazine rings is 1. The summed E-state index contributed by atoms with van der Waals surface area (Å²) in [5.41, 5.74) is 9.90. The van der Waals surface area contributed by atoms with Crippen LogP contribution in [0.5, 0.6) is 0 Å². The van der Waals surface area contributed by atoms with Gasteiger partial charge in [0.1, 0.15) is 12.2 Å². The fourth-order valence-electron chi connectivity index (χ4n) is 4.40. The third-order valence-corrected chi connectivity index (χ3v) is 6.15. The van der Waals surface area contributed by atoms with Crippen molar-refractivity contribution < 1.29 is 4.79 Å². The molecule has 2 atom stereocenters. The molecule has 1 amide bonds. The molecule has 0 spiro atoms. The Balaban J connectivity index is 1.32. The van der Waals surface area contributed by atoms with Crippen LogP contribution in [0.2, 0.25) is 5.02 Å². The van der Waals surface area contributed by atoms with E-state index in [1.54, 1.807) is 0 Å². The fraction of sp³-hybridized carbons (Fsp3) is 0.632. The van der Waals surface area contributed by atoms with Crippen molar-refractivity contribution in [1.29, 1.82) is 0 Å². The lowest BCUT2D eigenvalue weighted by molar-refractivity contribution is -0.135. The molecule has 2 unspecified atom stereocenters.